The predicted octanol–water partition coefficient (Wildman–Crippen LogP) is 2.85. The second-order valence-corrected chi connectivity index (χ2v) is 4.68. The topological polar surface area (TPSA) is 78.9 Å². The van der Waals surface area contributed by atoms with Gasteiger partial charge in [-0.3, -0.25) is 4.79 Å². The number of anilines is 2. The van der Waals surface area contributed by atoms with Gasteiger partial charge in [-0.05, 0) is 35.2 Å². The van der Waals surface area contributed by atoms with Gasteiger partial charge in [0.2, 0.25) is 5.91 Å². The highest BCUT2D eigenvalue weighted by Crippen LogP contribution is 2.22. The molecule has 0 fully saturated rings. The number of carbonyl (C=O) groups is 1. The largest absolute Gasteiger partial charge is 0.399 e. The molecule has 3 N–H and O–H groups in total. The molecule has 0 bridgehead atoms. The summed E-state index contributed by atoms with van der Waals surface area (Å²) in [6.07, 6.45) is 3.11. The average molecular weight is 269 g/mol. The zero-order valence-corrected chi connectivity index (χ0v) is 10.8. The lowest BCUT2D eigenvalue weighted by atomic mass is 10.2. The van der Waals surface area contributed by atoms with Crippen molar-refractivity contribution in [3.63, 3.8) is 0 Å². The maximum atomic E-state index is 11.7. The van der Waals surface area contributed by atoms with E-state index >= 15 is 0 Å². The fraction of sp³-hybridized carbons (Fsp3) is 0. The Kier molecular flexibility index (Phi) is 3.96. The molecule has 5 heteroatoms. The van der Waals surface area contributed by atoms with Crippen LogP contribution in [0.5, 0.6) is 0 Å². The molecule has 0 atom stereocenters. The van der Waals surface area contributed by atoms with Crippen molar-refractivity contribution in [1.29, 1.82) is 5.26 Å². The number of nitrogen functional groups attached to an aromatic ring is 1. The monoisotopic (exact) mass is 269 g/mol. The summed E-state index contributed by atoms with van der Waals surface area (Å²) in [6, 6.07) is 10.9. The van der Waals surface area contributed by atoms with Crippen LogP contribution in [0.25, 0.3) is 6.08 Å². The first-order valence-electron chi connectivity index (χ1n) is 5.51. The van der Waals surface area contributed by atoms with Crippen LogP contribution < -0.4 is 11.1 Å². The molecule has 1 aromatic heterocycles. The molecule has 19 heavy (non-hydrogen) atoms. The number of hydrogen-bond donors (Lipinski definition) is 2. The molecule has 0 spiro atoms. The first kappa shape index (κ1) is 12.9. The lowest BCUT2D eigenvalue weighted by Crippen LogP contribution is -2.07. The van der Waals surface area contributed by atoms with Crippen molar-refractivity contribution < 1.29 is 4.79 Å². The third kappa shape index (κ3) is 3.44. The van der Waals surface area contributed by atoms with Crippen LogP contribution in [0.15, 0.2) is 41.8 Å². The van der Waals surface area contributed by atoms with Gasteiger partial charge in [0.05, 0.1) is 5.56 Å². The van der Waals surface area contributed by atoms with Gasteiger partial charge in [0.15, 0.2) is 0 Å². The molecule has 4 nitrogen and oxygen atoms in total. The third-order valence-corrected chi connectivity index (χ3v) is 3.22. The maximum Gasteiger partial charge on any atom is 0.249 e. The summed E-state index contributed by atoms with van der Waals surface area (Å²) in [5, 5.41) is 13.8. The summed E-state index contributed by atoms with van der Waals surface area (Å²) in [5.41, 5.74) is 7.61. The van der Waals surface area contributed by atoms with E-state index in [4.69, 9.17) is 11.0 Å². The average Bonchev–Trinajstić information content (AvgIpc) is 2.85. The lowest BCUT2D eigenvalue weighted by molar-refractivity contribution is -0.111. The van der Waals surface area contributed by atoms with Crippen LogP contribution >= 0.6 is 11.3 Å². The van der Waals surface area contributed by atoms with Gasteiger partial charge in [-0.2, -0.15) is 5.26 Å². The van der Waals surface area contributed by atoms with E-state index in [2.05, 4.69) is 5.32 Å². The van der Waals surface area contributed by atoms with E-state index in [0.717, 1.165) is 5.56 Å². The Morgan fingerprint density at radius 3 is 2.74 bits per heavy atom. The quantitative estimate of drug-likeness (QED) is 0.664. The number of nitriles is 1. The lowest BCUT2D eigenvalue weighted by Gasteiger charge is -1.98. The molecule has 2 aromatic rings. The molecule has 0 unspecified atom stereocenters. The fourth-order valence-electron chi connectivity index (χ4n) is 1.43. The number of nitrogens with one attached hydrogen (secondary N) is 1. The van der Waals surface area contributed by atoms with Crippen LogP contribution in [0.2, 0.25) is 0 Å². The first-order chi connectivity index (χ1) is 9.19. The molecule has 2 rings (SSSR count). The van der Waals surface area contributed by atoms with Crippen molar-refractivity contribution in [2.24, 2.45) is 0 Å². The summed E-state index contributed by atoms with van der Waals surface area (Å²) in [7, 11) is 0. The van der Waals surface area contributed by atoms with E-state index in [1.807, 2.05) is 18.2 Å². The summed E-state index contributed by atoms with van der Waals surface area (Å²) in [6.45, 7) is 0. The van der Waals surface area contributed by atoms with Crippen molar-refractivity contribution in [1.82, 2.24) is 0 Å². The highest BCUT2D eigenvalue weighted by Gasteiger charge is 2.05. The van der Waals surface area contributed by atoms with E-state index in [-0.39, 0.29) is 5.91 Å². The summed E-state index contributed by atoms with van der Waals surface area (Å²) < 4.78 is 0. The van der Waals surface area contributed by atoms with Crippen LogP contribution in [-0.4, -0.2) is 5.91 Å². The number of amides is 1. The molecule has 1 heterocycles. The first-order valence-corrected chi connectivity index (χ1v) is 6.39. The second-order valence-electron chi connectivity index (χ2n) is 3.76. The highest BCUT2D eigenvalue weighted by molar-refractivity contribution is 7.14. The number of nitrogens with zero attached hydrogens (tertiary/aromatic N) is 1. The Labute approximate surface area is 114 Å². The van der Waals surface area contributed by atoms with Gasteiger partial charge in [-0.15, -0.1) is 11.3 Å². The van der Waals surface area contributed by atoms with E-state index < -0.39 is 0 Å². The molecular formula is C14H11N3OS. The van der Waals surface area contributed by atoms with Gasteiger partial charge in [-0.1, -0.05) is 12.1 Å². The second kappa shape index (κ2) is 5.85. The fourth-order valence-corrected chi connectivity index (χ4v) is 2.17. The van der Waals surface area contributed by atoms with Gasteiger partial charge >= 0.3 is 0 Å². The molecule has 0 radical (unpaired) electrons. The van der Waals surface area contributed by atoms with E-state index in [1.54, 1.807) is 29.7 Å². The zero-order valence-electron chi connectivity index (χ0n) is 9.96. The molecule has 0 aliphatic heterocycles. The Balaban J connectivity index is 2.02. The van der Waals surface area contributed by atoms with Gasteiger partial charge in [0, 0.05) is 11.8 Å². The van der Waals surface area contributed by atoms with E-state index in [1.165, 1.54) is 17.4 Å². The van der Waals surface area contributed by atoms with Crippen molar-refractivity contribution in [3.8, 4) is 6.07 Å². The van der Waals surface area contributed by atoms with Crippen molar-refractivity contribution in [2.75, 3.05) is 11.1 Å². The molecule has 0 saturated carbocycles. The molecule has 0 aliphatic carbocycles. The summed E-state index contributed by atoms with van der Waals surface area (Å²) in [4.78, 5) is 11.7. The molecule has 0 saturated heterocycles. The normalized spacial score (nSPS) is 10.3. The molecule has 94 valence electrons. The standard InChI is InChI=1S/C14H11N3OS/c15-9-11-7-8-19-14(11)17-13(18)6-3-10-1-4-12(16)5-2-10/h1-8H,16H2,(H,17,18)/b6-3+. The number of carbonyl (C=O) groups excluding carboxylic acids is 1. The zero-order chi connectivity index (χ0) is 13.7. The van der Waals surface area contributed by atoms with Gasteiger partial charge in [0.1, 0.15) is 11.1 Å². The number of hydrogen-bond acceptors (Lipinski definition) is 4. The van der Waals surface area contributed by atoms with Crippen molar-refractivity contribution >= 4 is 34.0 Å². The van der Waals surface area contributed by atoms with Gasteiger partial charge in [0.25, 0.3) is 0 Å². The Bertz CT molecular complexity index is 650. The summed E-state index contributed by atoms with van der Waals surface area (Å²) >= 11 is 1.32. The number of thiophene rings is 1. The Morgan fingerprint density at radius 2 is 2.05 bits per heavy atom. The predicted molar refractivity (Wildman–Crippen MR) is 77.6 cm³/mol. The Hall–Kier alpha value is -2.58. The van der Waals surface area contributed by atoms with Crippen LogP contribution in [0.3, 0.4) is 0 Å². The third-order valence-electron chi connectivity index (χ3n) is 2.39. The highest BCUT2D eigenvalue weighted by atomic mass is 32.1. The van der Waals surface area contributed by atoms with Crippen LogP contribution in [-0.2, 0) is 4.79 Å². The van der Waals surface area contributed by atoms with Crippen molar-refractivity contribution in [3.05, 3.63) is 52.9 Å². The molecule has 1 amide bonds. The number of nitrogens with two attached hydrogens (primary N) is 1. The maximum absolute atomic E-state index is 11.7. The van der Waals surface area contributed by atoms with Crippen molar-refractivity contribution in [2.45, 2.75) is 0 Å². The Morgan fingerprint density at radius 1 is 1.32 bits per heavy atom. The van der Waals surface area contributed by atoms with Crippen LogP contribution in [0, 0.1) is 11.3 Å². The molecule has 1 aromatic carbocycles. The minimum atomic E-state index is -0.268. The number of rotatable bonds is 3. The van der Waals surface area contributed by atoms with E-state index in [9.17, 15) is 4.79 Å². The van der Waals surface area contributed by atoms with Crippen LogP contribution in [0.4, 0.5) is 10.7 Å². The number of benzene rings is 1. The van der Waals surface area contributed by atoms with Gasteiger partial charge in [-0.25, -0.2) is 0 Å². The van der Waals surface area contributed by atoms with Crippen LogP contribution in [0.1, 0.15) is 11.1 Å². The van der Waals surface area contributed by atoms with E-state index in [0.29, 0.717) is 16.3 Å². The smallest absolute Gasteiger partial charge is 0.249 e. The minimum Gasteiger partial charge on any atom is -0.399 e. The SMILES string of the molecule is N#Cc1ccsc1NC(=O)/C=C/c1ccc(N)cc1. The van der Waals surface area contributed by atoms with Gasteiger partial charge < -0.3 is 11.1 Å². The summed E-state index contributed by atoms with van der Waals surface area (Å²) in [5.74, 6) is -0.268. The molecule has 0 aliphatic rings. The molecular weight excluding hydrogens is 258 g/mol. The minimum absolute atomic E-state index is 0.268.